The van der Waals surface area contributed by atoms with E-state index < -0.39 is 12.0 Å². The molecule has 5 heteroatoms. The van der Waals surface area contributed by atoms with Crippen LogP contribution in [0.15, 0.2) is 0 Å². The van der Waals surface area contributed by atoms with Gasteiger partial charge in [-0.05, 0) is 19.3 Å². The molecule has 2 saturated heterocycles. The highest BCUT2D eigenvalue weighted by Crippen LogP contribution is 2.33. The zero-order chi connectivity index (χ0) is 11.7. The van der Waals surface area contributed by atoms with Crippen molar-refractivity contribution in [2.75, 3.05) is 13.2 Å². The molecule has 5 nitrogen and oxygen atoms in total. The van der Waals surface area contributed by atoms with Crippen LogP contribution in [0.25, 0.3) is 0 Å². The van der Waals surface area contributed by atoms with Crippen LogP contribution in [-0.2, 0) is 14.3 Å². The number of hydrogen-bond acceptors (Lipinski definition) is 3. The second kappa shape index (κ2) is 4.41. The maximum atomic E-state index is 11.3. The quantitative estimate of drug-likeness (QED) is 0.745. The van der Waals surface area contributed by atoms with Crippen LogP contribution in [0, 0.1) is 5.92 Å². The van der Waals surface area contributed by atoms with E-state index in [0.717, 1.165) is 19.3 Å². The van der Waals surface area contributed by atoms with Crippen molar-refractivity contribution in [2.45, 2.75) is 38.3 Å². The van der Waals surface area contributed by atoms with Crippen LogP contribution < -0.4 is 0 Å². The molecule has 2 aliphatic heterocycles. The second-order valence-corrected chi connectivity index (χ2v) is 4.50. The number of hydrogen-bond donors (Lipinski definition) is 1. The lowest BCUT2D eigenvalue weighted by atomic mass is 9.92. The summed E-state index contributed by atoms with van der Waals surface area (Å²) in [5.74, 6) is -1.11. The topological polar surface area (TPSA) is 66.8 Å². The lowest BCUT2D eigenvalue weighted by Crippen LogP contribution is -2.45. The Morgan fingerprint density at radius 1 is 1.38 bits per heavy atom. The van der Waals surface area contributed by atoms with Gasteiger partial charge in [-0.1, -0.05) is 0 Å². The Hall–Kier alpha value is -1.10. The summed E-state index contributed by atoms with van der Waals surface area (Å²) in [5.41, 5.74) is 0. The highest BCUT2D eigenvalue weighted by molar-refractivity contribution is 5.83. The van der Waals surface area contributed by atoms with Gasteiger partial charge in [0.2, 0.25) is 5.91 Å². The molecule has 2 rings (SSSR count). The van der Waals surface area contributed by atoms with Crippen molar-refractivity contribution in [3.05, 3.63) is 0 Å². The Bertz CT molecular complexity index is 298. The Morgan fingerprint density at radius 3 is 2.62 bits per heavy atom. The third-order valence-corrected chi connectivity index (χ3v) is 3.54. The van der Waals surface area contributed by atoms with Gasteiger partial charge in [0.15, 0.2) is 0 Å². The summed E-state index contributed by atoms with van der Waals surface area (Å²) in [7, 11) is 0. The van der Waals surface area contributed by atoms with Crippen LogP contribution in [0.3, 0.4) is 0 Å². The van der Waals surface area contributed by atoms with Gasteiger partial charge < -0.3 is 14.7 Å². The van der Waals surface area contributed by atoms with E-state index in [1.807, 2.05) is 0 Å². The van der Waals surface area contributed by atoms with E-state index in [-0.39, 0.29) is 17.9 Å². The van der Waals surface area contributed by atoms with Gasteiger partial charge >= 0.3 is 5.97 Å². The predicted molar refractivity (Wildman–Crippen MR) is 55.9 cm³/mol. The summed E-state index contributed by atoms with van der Waals surface area (Å²) in [6.45, 7) is 2.68. The zero-order valence-electron chi connectivity index (χ0n) is 9.39. The summed E-state index contributed by atoms with van der Waals surface area (Å²) >= 11 is 0. The molecule has 2 aliphatic rings. The van der Waals surface area contributed by atoms with E-state index in [2.05, 4.69) is 0 Å². The SMILES string of the molecule is CC(=O)N1CCC(C2CCCO2)C1C(=O)O. The van der Waals surface area contributed by atoms with Gasteiger partial charge in [-0.3, -0.25) is 4.79 Å². The summed E-state index contributed by atoms with van der Waals surface area (Å²) in [4.78, 5) is 24.0. The van der Waals surface area contributed by atoms with Gasteiger partial charge in [0.1, 0.15) is 6.04 Å². The van der Waals surface area contributed by atoms with Gasteiger partial charge in [0.05, 0.1) is 6.10 Å². The molecule has 3 atom stereocenters. The molecule has 16 heavy (non-hydrogen) atoms. The first-order valence-electron chi connectivity index (χ1n) is 5.73. The number of aliphatic carboxylic acids is 1. The van der Waals surface area contributed by atoms with Gasteiger partial charge in [-0.25, -0.2) is 4.79 Å². The van der Waals surface area contributed by atoms with Crippen LogP contribution in [0.4, 0.5) is 0 Å². The third kappa shape index (κ3) is 1.91. The fourth-order valence-corrected chi connectivity index (χ4v) is 2.82. The molecule has 0 aromatic heterocycles. The molecule has 2 fully saturated rings. The highest BCUT2D eigenvalue weighted by Gasteiger charge is 2.45. The molecular formula is C11H17NO4. The highest BCUT2D eigenvalue weighted by atomic mass is 16.5. The fraction of sp³-hybridized carbons (Fsp3) is 0.818. The molecule has 1 N–H and O–H groups in total. The Labute approximate surface area is 94.4 Å². The maximum Gasteiger partial charge on any atom is 0.326 e. The fourth-order valence-electron chi connectivity index (χ4n) is 2.82. The number of rotatable bonds is 2. The second-order valence-electron chi connectivity index (χ2n) is 4.50. The Kier molecular flexibility index (Phi) is 3.14. The molecular weight excluding hydrogens is 210 g/mol. The van der Waals surface area contributed by atoms with E-state index in [4.69, 9.17) is 4.74 Å². The smallest absolute Gasteiger partial charge is 0.326 e. The molecule has 0 aromatic carbocycles. The normalized spacial score (nSPS) is 34.3. The number of carbonyl (C=O) groups is 2. The van der Waals surface area contributed by atoms with Gasteiger partial charge in [-0.15, -0.1) is 0 Å². The molecule has 0 bridgehead atoms. The molecule has 0 aliphatic carbocycles. The molecule has 0 spiro atoms. The molecule has 0 radical (unpaired) electrons. The maximum absolute atomic E-state index is 11.3. The van der Waals surface area contributed by atoms with Crippen molar-refractivity contribution in [2.24, 2.45) is 5.92 Å². The Balaban J connectivity index is 2.13. The Morgan fingerprint density at radius 2 is 2.12 bits per heavy atom. The largest absolute Gasteiger partial charge is 0.480 e. The average molecular weight is 227 g/mol. The van der Waals surface area contributed by atoms with Crippen molar-refractivity contribution < 1.29 is 19.4 Å². The number of ether oxygens (including phenoxy) is 1. The molecule has 2 heterocycles. The van der Waals surface area contributed by atoms with Crippen LogP contribution in [0.5, 0.6) is 0 Å². The monoisotopic (exact) mass is 227 g/mol. The van der Waals surface area contributed by atoms with E-state index in [9.17, 15) is 14.7 Å². The number of amides is 1. The summed E-state index contributed by atoms with van der Waals surface area (Å²) in [6.07, 6.45) is 2.67. The lowest BCUT2D eigenvalue weighted by molar-refractivity contribution is -0.150. The van der Waals surface area contributed by atoms with Crippen LogP contribution in [0.2, 0.25) is 0 Å². The van der Waals surface area contributed by atoms with Gasteiger partial charge in [0, 0.05) is 26.0 Å². The lowest BCUT2D eigenvalue weighted by Gasteiger charge is -2.26. The van der Waals surface area contributed by atoms with E-state index in [1.165, 1.54) is 11.8 Å². The zero-order valence-corrected chi connectivity index (χ0v) is 9.39. The molecule has 90 valence electrons. The number of likely N-dealkylation sites (tertiary alicyclic amines) is 1. The average Bonchev–Trinajstić information content (AvgIpc) is 2.85. The third-order valence-electron chi connectivity index (χ3n) is 3.54. The van der Waals surface area contributed by atoms with Gasteiger partial charge in [0.25, 0.3) is 0 Å². The first kappa shape index (κ1) is 11.4. The first-order chi connectivity index (χ1) is 7.61. The van der Waals surface area contributed by atoms with E-state index in [0.29, 0.717) is 13.2 Å². The minimum Gasteiger partial charge on any atom is -0.480 e. The summed E-state index contributed by atoms with van der Waals surface area (Å²) in [6, 6.07) is -0.694. The van der Waals surface area contributed by atoms with Gasteiger partial charge in [-0.2, -0.15) is 0 Å². The summed E-state index contributed by atoms with van der Waals surface area (Å²) in [5, 5.41) is 9.21. The van der Waals surface area contributed by atoms with Crippen LogP contribution >= 0.6 is 0 Å². The number of nitrogens with zero attached hydrogens (tertiary/aromatic N) is 1. The number of carboxylic acids is 1. The standard InChI is InChI=1S/C11H17NO4/c1-7(13)12-5-4-8(10(12)11(14)15)9-3-2-6-16-9/h8-10H,2-6H2,1H3,(H,14,15). The molecule has 1 amide bonds. The first-order valence-corrected chi connectivity index (χ1v) is 5.73. The predicted octanol–water partition coefficient (Wildman–Crippen LogP) is 0.487. The van der Waals surface area contributed by atoms with Crippen LogP contribution in [0.1, 0.15) is 26.2 Å². The minimum absolute atomic E-state index is 0.0189. The van der Waals surface area contributed by atoms with E-state index in [1.54, 1.807) is 0 Å². The van der Waals surface area contributed by atoms with E-state index >= 15 is 0 Å². The van der Waals surface area contributed by atoms with Crippen molar-refractivity contribution in [3.63, 3.8) is 0 Å². The van der Waals surface area contributed by atoms with Crippen LogP contribution in [-0.4, -0.2) is 47.2 Å². The van der Waals surface area contributed by atoms with Crippen molar-refractivity contribution >= 4 is 11.9 Å². The molecule has 0 aromatic rings. The van der Waals surface area contributed by atoms with Crippen molar-refractivity contribution in [1.29, 1.82) is 0 Å². The minimum atomic E-state index is -0.909. The van der Waals surface area contributed by atoms with Crippen molar-refractivity contribution in [3.8, 4) is 0 Å². The number of carbonyl (C=O) groups excluding carboxylic acids is 1. The molecule has 0 saturated carbocycles. The number of carboxylic acid groups (broad SMARTS) is 1. The van der Waals surface area contributed by atoms with Crippen molar-refractivity contribution in [1.82, 2.24) is 4.90 Å². The summed E-state index contributed by atoms with van der Waals surface area (Å²) < 4.78 is 5.54. The molecule has 3 unspecified atom stereocenters.